The molecule has 0 spiro atoms. The van der Waals surface area contributed by atoms with Crippen LogP contribution >= 0.6 is 35.0 Å². The molecule has 0 radical (unpaired) electrons. The van der Waals surface area contributed by atoms with Gasteiger partial charge in [0, 0.05) is 25.3 Å². The molecule has 1 aliphatic rings. The van der Waals surface area contributed by atoms with Crippen LogP contribution in [-0.4, -0.2) is 60.0 Å². The molecule has 8 nitrogen and oxygen atoms in total. The number of nitrogens with zero attached hydrogens (tertiary/aromatic N) is 4. The Balaban J connectivity index is 1.63. The number of nitrogens with two attached hydrogens (primary N) is 1. The molecule has 150 valence electrons. The third kappa shape index (κ3) is 4.60. The molecule has 1 aliphatic heterocycles. The number of piperazine rings is 1. The number of hydrogen-bond acceptors (Lipinski definition) is 8. The first kappa shape index (κ1) is 20.9. The quantitative estimate of drug-likeness (QED) is 0.532. The Kier molecular flexibility index (Phi) is 6.82. The average Bonchev–Trinajstić information content (AvgIpc) is 3.03. The maximum absolute atomic E-state index is 12.7. The van der Waals surface area contributed by atoms with Crippen molar-refractivity contribution in [2.24, 2.45) is 0 Å². The second kappa shape index (κ2) is 9.13. The first-order valence-corrected chi connectivity index (χ1v) is 10.4. The van der Waals surface area contributed by atoms with Crippen LogP contribution in [0.4, 0.5) is 5.88 Å². The number of aromatic nitrogens is 2. The van der Waals surface area contributed by atoms with Crippen LogP contribution in [0, 0.1) is 0 Å². The van der Waals surface area contributed by atoms with Crippen molar-refractivity contribution in [3.05, 3.63) is 39.5 Å². The van der Waals surface area contributed by atoms with Crippen LogP contribution in [-0.2, 0) is 0 Å². The van der Waals surface area contributed by atoms with Gasteiger partial charge < -0.3 is 10.6 Å². The molecule has 0 amide bonds. The Bertz CT molecular complexity index is 863. The van der Waals surface area contributed by atoms with Gasteiger partial charge in [-0.2, -0.15) is 5.01 Å². The topological polar surface area (TPSA) is 96.5 Å². The Morgan fingerprint density at radius 2 is 1.89 bits per heavy atom. The first-order chi connectivity index (χ1) is 13.4. The van der Waals surface area contributed by atoms with Crippen molar-refractivity contribution in [1.29, 1.82) is 0 Å². The highest BCUT2D eigenvalue weighted by Gasteiger charge is 2.35. The van der Waals surface area contributed by atoms with Gasteiger partial charge in [-0.1, -0.05) is 41.0 Å². The molecule has 0 atom stereocenters. The molecule has 1 saturated heterocycles. The summed E-state index contributed by atoms with van der Waals surface area (Å²) in [5.74, 6) is -0.0234. The molecule has 3 rings (SSSR count). The molecule has 0 saturated carbocycles. The summed E-state index contributed by atoms with van der Waals surface area (Å²) in [6.45, 7) is 3.09. The molecular weight excluding hydrogens is 425 g/mol. The van der Waals surface area contributed by atoms with Crippen molar-refractivity contribution in [3.8, 4) is 0 Å². The molecule has 2 aromatic rings. The number of thioether (sulfide) groups is 1. The molecule has 0 bridgehead atoms. The van der Waals surface area contributed by atoms with E-state index in [2.05, 4.69) is 10.2 Å². The number of anilines is 1. The Labute approximate surface area is 176 Å². The predicted molar refractivity (Wildman–Crippen MR) is 109 cm³/mol. The summed E-state index contributed by atoms with van der Waals surface area (Å²) in [5.41, 5.74) is 6.27. The third-order valence-corrected chi connectivity index (χ3v) is 5.90. The van der Waals surface area contributed by atoms with Crippen molar-refractivity contribution >= 4 is 51.7 Å². The van der Waals surface area contributed by atoms with E-state index < -0.39 is 0 Å². The van der Waals surface area contributed by atoms with E-state index in [0.717, 1.165) is 24.9 Å². The number of likely N-dealkylation sites (N-methyl/N-ethyl adjacent to an activating group) is 1. The zero-order valence-corrected chi connectivity index (χ0v) is 17.6. The first-order valence-electron chi connectivity index (χ1n) is 8.64. The zero-order chi connectivity index (χ0) is 20.3. The molecule has 2 heterocycles. The van der Waals surface area contributed by atoms with Crippen LogP contribution in [0.1, 0.15) is 27.3 Å². The lowest BCUT2D eigenvalue weighted by Gasteiger charge is -2.26. The van der Waals surface area contributed by atoms with E-state index in [1.807, 2.05) is 12.1 Å². The largest absolute Gasteiger partial charge is 0.373 e. The highest BCUT2D eigenvalue weighted by molar-refractivity contribution is 8.14. The number of ketones is 1. The minimum atomic E-state index is -0.284. The molecule has 0 aliphatic carbocycles. The number of Topliss-reactive ketones (excluding diaryl/α,β-unsaturated/α-hetero) is 1. The molecule has 0 unspecified atom stereocenters. The Morgan fingerprint density at radius 1 is 1.25 bits per heavy atom. The summed E-state index contributed by atoms with van der Waals surface area (Å²) in [4.78, 5) is 28.7. The number of rotatable bonds is 6. The number of carbonyl (C=O) groups is 2. The normalized spacial score (nSPS) is 15.0. The van der Waals surface area contributed by atoms with E-state index in [1.54, 1.807) is 18.2 Å². The van der Waals surface area contributed by atoms with Gasteiger partial charge in [0.25, 0.3) is 0 Å². The standard InChI is InChI=1S/C17H19Cl2N5O3S/c1-22-6-8-23(9-7-22)24-15(16(20)27-21-24)13(25)5-10-28-17(26)14-11(18)3-2-4-12(14)19/h2-4H,5-10H2,1H3,(H-,20,21,25)/p+1. The minimum Gasteiger partial charge on any atom is -0.361 e. The van der Waals surface area contributed by atoms with Gasteiger partial charge in [-0.3, -0.25) is 14.1 Å². The lowest BCUT2D eigenvalue weighted by molar-refractivity contribution is -0.760. The third-order valence-electron chi connectivity index (χ3n) is 4.39. The van der Waals surface area contributed by atoms with Crippen LogP contribution < -0.4 is 15.5 Å². The number of halogens is 2. The van der Waals surface area contributed by atoms with E-state index in [4.69, 9.17) is 33.5 Å². The van der Waals surface area contributed by atoms with Crippen molar-refractivity contribution in [2.45, 2.75) is 6.42 Å². The van der Waals surface area contributed by atoms with Gasteiger partial charge >= 0.3 is 11.6 Å². The minimum absolute atomic E-state index is 0.0330. The van der Waals surface area contributed by atoms with Crippen LogP contribution in [0.5, 0.6) is 0 Å². The van der Waals surface area contributed by atoms with Gasteiger partial charge in [0.2, 0.25) is 16.2 Å². The van der Waals surface area contributed by atoms with Crippen molar-refractivity contribution in [2.75, 3.05) is 49.7 Å². The van der Waals surface area contributed by atoms with Crippen LogP contribution in [0.2, 0.25) is 10.0 Å². The van der Waals surface area contributed by atoms with Gasteiger partial charge in [-0.05, 0) is 19.2 Å². The van der Waals surface area contributed by atoms with Gasteiger partial charge in [-0.15, -0.1) is 0 Å². The monoisotopic (exact) mass is 444 g/mol. The van der Waals surface area contributed by atoms with E-state index in [0.29, 0.717) is 13.1 Å². The summed E-state index contributed by atoms with van der Waals surface area (Å²) in [7, 11) is 2.03. The van der Waals surface area contributed by atoms with Gasteiger partial charge in [0.15, 0.2) is 0 Å². The zero-order valence-electron chi connectivity index (χ0n) is 15.2. The molecule has 2 N–H and O–H groups in total. The Morgan fingerprint density at radius 3 is 2.54 bits per heavy atom. The van der Waals surface area contributed by atoms with E-state index in [-0.39, 0.29) is 50.3 Å². The van der Waals surface area contributed by atoms with Crippen LogP contribution in [0.3, 0.4) is 0 Å². The molecule has 11 heteroatoms. The molecule has 1 aromatic heterocycles. The maximum Gasteiger partial charge on any atom is 0.373 e. The lowest BCUT2D eigenvalue weighted by atomic mass is 10.2. The van der Waals surface area contributed by atoms with Gasteiger partial charge in [-0.25, -0.2) is 0 Å². The smallest absolute Gasteiger partial charge is 0.361 e. The van der Waals surface area contributed by atoms with E-state index in [1.165, 1.54) is 4.79 Å². The van der Waals surface area contributed by atoms with Crippen molar-refractivity contribution in [3.63, 3.8) is 0 Å². The predicted octanol–water partition coefficient (Wildman–Crippen LogP) is 1.88. The number of carbonyl (C=O) groups excluding carboxylic acids is 2. The molecular formula is C17H20Cl2N5O3S+. The van der Waals surface area contributed by atoms with Crippen molar-refractivity contribution < 1.29 is 18.9 Å². The highest BCUT2D eigenvalue weighted by atomic mass is 35.5. The molecule has 28 heavy (non-hydrogen) atoms. The van der Waals surface area contributed by atoms with Gasteiger partial charge in [0.1, 0.15) is 0 Å². The summed E-state index contributed by atoms with van der Waals surface area (Å²) in [6.07, 6.45) is 0.0949. The van der Waals surface area contributed by atoms with E-state index in [9.17, 15) is 9.59 Å². The van der Waals surface area contributed by atoms with Crippen molar-refractivity contribution in [1.82, 2.24) is 10.2 Å². The van der Waals surface area contributed by atoms with Crippen LogP contribution in [0.25, 0.3) is 0 Å². The fourth-order valence-corrected chi connectivity index (χ4v) is 4.33. The number of nitrogen functional groups attached to an aromatic ring is 1. The second-order valence-electron chi connectivity index (χ2n) is 6.34. The molecule has 1 fully saturated rings. The summed E-state index contributed by atoms with van der Waals surface area (Å²) in [6, 6.07) is 4.87. The number of hydrogen-bond donors (Lipinski definition) is 1. The lowest BCUT2D eigenvalue weighted by Crippen LogP contribution is -2.67. The fourth-order valence-electron chi connectivity index (χ4n) is 2.81. The molecule has 1 aromatic carbocycles. The maximum atomic E-state index is 12.7. The fraction of sp³-hybridized carbons (Fsp3) is 0.412. The SMILES string of the molecule is CN1CCN([n+]2noc(N)c2C(=O)CCSC(=O)c2c(Cl)cccc2Cl)CC1. The van der Waals surface area contributed by atoms with Gasteiger partial charge in [0.05, 0.1) is 33.5 Å². The van der Waals surface area contributed by atoms with Crippen LogP contribution in [0.15, 0.2) is 22.7 Å². The summed E-state index contributed by atoms with van der Waals surface area (Å²) < 4.78 is 5.03. The summed E-state index contributed by atoms with van der Waals surface area (Å²) >= 11 is 13.1. The number of benzene rings is 1. The second-order valence-corrected chi connectivity index (χ2v) is 8.22. The van der Waals surface area contributed by atoms with E-state index >= 15 is 0 Å². The highest BCUT2D eigenvalue weighted by Crippen LogP contribution is 2.28. The summed E-state index contributed by atoms with van der Waals surface area (Å²) in [5, 5.41) is 6.09. The average molecular weight is 445 g/mol. The Hall–Kier alpha value is -1.81.